The number of allylic oxidation sites excluding steroid dienone is 1. The first-order chi connectivity index (χ1) is 20.2. The summed E-state index contributed by atoms with van der Waals surface area (Å²) < 4.78 is 66.9. The number of rotatable bonds is 7. The van der Waals surface area contributed by atoms with Crippen LogP contribution in [-0.2, 0) is 25.0 Å². The highest BCUT2D eigenvalue weighted by atomic mass is 32.2. The van der Waals surface area contributed by atoms with Crippen molar-refractivity contribution in [2.45, 2.75) is 23.6 Å². The lowest BCUT2D eigenvalue weighted by Crippen LogP contribution is -2.15. The summed E-state index contributed by atoms with van der Waals surface area (Å²) in [6.45, 7) is 2.84. The zero-order valence-electron chi connectivity index (χ0n) is 22.4. The van der Waals surface area contributed by atoms with Gasteiger partial charge in [-0.05, 0) is 61.9 Å². The van der Waals surface area contributed by atoms with Crippen LogP contribution in [0.25, 0.3) is 31.6 Å². The van der Waals surface area contributed by atoms with Gasteiger partial charge in [-0.25, -0.2) is 4.98 Å². The van der Waals surface area contributed by atoms with Gasteiger partial charge in [-0.3, -0.25) is 13.9 Å². The Morgan fingerprint density at radius 1 is 0.884 bits per heavy atom. The number of aryl methyl sites for hydroxylation is 1. The second-order valence-corrected chi connectivity index (χ2v) is 13.1. The number of nitrogens with zero attached hydrogens (tertiary/aromatic N) is 3. The molecule has 0 spiro atoms. The van der Waals surface area contributed by atoms with Crippen LogP contribution in [0.5, 0.6) is 0 Å². The molecule has 0 aliphatic rings. The first-order valence-corrected chi connectivity index (χ1v) is 16.0. The highest BCUT2D eigenvalue weighted by Gasteiger charge is 2.21. The number of carbonyl (C=O) groups excluding carboxylic acids is 1. The summed E-state index contributed by atoms with van der Waals surface area (Å²) in [4.78, 5) is 17.0. The monoisotopic (exact) mass is 638 g/mol. The van der Waals surface area contributed by atoms with E-state index < -0.39 is 37.6 Å². The molecule has 1 amide bonds. The lowest BCUT2D eigenvalue weighted by atomic mass is 10.1. The molecule has 0 aliphatic heterocycles. The Kier molecular flexibility index (Phi) is 7.85. The fourth-order valence-corrected chi connectivity index (χ4v) is 7.39. The number of carbonyl (C=O) groups is 1. The number of amides is 1. The first-order valence-electron chi connectivity index (χ1n) is 12.3. The maximum absolute atomic E-state index is 13.0. The van der Waals surface area contributed by atoms with Crippen molar-refractivity contribution in [1.82, 2.24) is 4.98 Å². The molecule has 4 N–H and O–H groups in total. The van der Waals surface area contributed by atoms with Crippen LogP contribution < -0.4 is 5.32 Å². The van der Waals surface area contributed by atoms with E-state index in [1.54, 1.807) is 49.4 Å². The minimum Gasteiger partial charge on any atom is -0.510 e. The first kappa shape index (κ1) is 29.9. The molecule has 15 heteroatoms. The predicted octanol–water partition coefficient (Wildman–Crippen LogP) is 6.43. The largest absolute Gasteiger partial charge is 0.510 e. The normalized spacial score (nSPS) is 13.0. The van der Waals surface area contributed by atoms with Crippen LogP contribution in [0.1, 0.15) is 12.5 Å². The Balaban J connectivity index is 1.39. The number of thiazole rings is 1. The zero-order valence-corrected chi connectivity index (χ0v) is 24.8. The Hall–Kier alpha value is -4.54. The molecular weight excluding hydrogens is 617 g/mol. The summed E-state index contributed by atoms with van der Waals surface area (Å²) in [5, 5.41) is 21.7. The van der Waals surface area contributed by atoms with Gasteiger partial charge in [0.25, 0.3) is 26.1 Å². The molecular formula is C28H22N4O8S3. The van der Waals surface area contributed by atoms with Crippen LogP contribution in [0.3, 0.4) is 0 Å². The number of nitrogens with one attached hydrogen (secondary N) is 1. The molecule has 43 heavy (non-hydrogen) atoms. The molecule has 220 valence electrons. The van der Waals surface area contributed by atoms with E-state index in [9.17, 15) is 35.8 Å². The fourth-order valence-electron chi connectivity index (χ4n) is 4.37. The molecule has 4 aromatic carbocycles. The summed E-state index contributed by atoms with van der Waals surface area (Å²) in [5.74, 6) is -1.24. The number of aliphatic hydroxyl groups is 1. The SMILES string of the molecule is C/C(O)=C(\N=Nc1ccc(-c2nc3ccc(C)c(S(=O)(=O)O)c3s2)cc1)C(=O)Nc1cccc2c(S(=O)(=O)O)cccc12. The average Bonchev–Trinajstić information content (AvgIpc) is 3.36. The second kappa shape index (κ2) is 11.3. The van der Waals surface area contributed by atoms with E-state index in [0.29, 0.717) is 37.4 Å². The van der Waals surface area contributed by atoms with Crippen LogP contribution in [0.2, 0.25) is 0 Å². The molecule has 0 bridgehead atoms. The second-order valence-electron chi connectivity index (χ2n) is 9.32. The summed E-state index contributed by atoms with van der Waals surface area (Å²) in [6, 6.07) is 18.5. The van der Waals surface area contributed by atoms with Gasteiger partial charge in [0.2, 0.25) is 0 Å². The zero-order chi connectivity index (χ0) is 31.1. The summed E-state index contributed by atoms with van der Waals surface area (Å²) in [7, 11) is -8.97. The number of aromatic nitrogens is 1. The molecule has 1 aromatic heterocycles. The molecule has 0 radical (unpaired) electrons. The van der Waals surface area contributed by atoms with Gasteiger partial charge >= 0.3 is 0 Å². The number of aliphatic hydroxyl groups excluding tert-OH is 1. The van der Waals surface area contributed by atoms with Crippen LogP contribution in [0, 0.1) is 6.92 Å². The molecule has 0 aliphatic carbocycles. The Morgan fingerprint density at radius 3 is 2.21 bits per heavy atom. The Morgan fingerprint density at radius 2 is 1.56 bits per heavy atom. The molecule has 0 atom stereocenters. The van der Waals surface area contributed by atoms with E-state index in [-0.39, 0.29) is 20.9 Å². The number of fused-ring (bicyclic) bond motifs is 2. The molecule has 0 fully saturated rings. The third kappa shape index (κ3) is 6.16. The smallest absolute Gasteiger partial charge is 0.296 e. The van der Waals surface area contributed by atoms with Crippen LogP contribution in [-0.4, -0.2) is 41.9 Å². The van der Waals surface area contributed by atoms with E-state index in [1.807, 2.05) is 0 Å². The Bertz CT molecular complexity index is 2200. The summed E-state index contributed by atoms with van der Waals surface area (Å²) in [6.07, 6.45) is 0. The van der Waals surface area contributed by atoms with Gasteiger partial charge in [-0.1, -0.05) is 30.3 Å². The third-order valence-corrected chi connectivity index (χ3v) is 9.53. The lowest BCUT2D eigenvalue weighted by Gasteiger charge is -2.11. The maximum Gasteiger partial charge on any atom is 0.296 e. The van der Waals surface area contributed by atoms with Gasteiger partial charge in [-0.2, -0.15) is 21.9 Å². The van der Waals surface area contributed by atoms with Gasteiger partial charge in [0.1, 0.15) is 20.6 Å². The fraction of sp³-hybridized carbons (Fsp3) is 0.0714. The van der Waals surface area contributed by atoms with Gasteiger partial charge in [-0.15, -0.1) is 16.5 Å². The van der Waals surface area contributed by atoms with Crippen LogP contribution in [0.15, 0.2) is 104 Å². The molecule has 5 rings (SSSR count). The topological polar surface area (TPSA) is 196 Å². The van der Waals surface area contributed by atoms with Crippen molar-refractivity contribution in [2.75, 3.05) is 5.32 Å². The predicted molar refractivity (Wildman–Crippen MR) is 162 cm³/mol. The van der Waals surface area contributed by atoms with E-state index in [1.165, 1.54) is 37.3 Å². The number of hydrogen-bond acceptors (Lipinski definition) is 10. The molecule has 1 heterocycles. The molecule has 0 saturated carbocycles. The van der Waals surface area contributed by atoms with Crippen molar-refractivity contribution in [1.29, 1.82) is 0 Å². The van der Waals surface area contributed by atoms with E-state index in [2.05, 4.69) is 20.5 Å². The standard InChI is InChI=1S/C28H22N4O8S3/c1-15-9-14-22-25(26(15)43(38,39)40)41-28(30-22)17-10-12-18(13-11-17)31-32-24(16(2)33)27(34)29-21-7-3-6-20-19(21)5-4-8-23(20)42(35,36)37/h3-14,33H,1-2H3,(H,29,34)(H,35,36,37)(H,38,39,40)/b24-16+,32-31?. The van der Waals surface area contributed by atoms with E-state index in [4.69, 9.17) is 0 Å². The number of hydrogen-bond donors (Lipinski definition) is 4. The number of anilines is 1. The highest BCUT2D eigenvalue weighted by molar-refractivity contribution is 7.86. The van der Waals surface area contributed by atoms with Gasteiger partial charge in [0, 0.05) is 22.0 Å². The van der Waals surface area contributed by atoms with Crippen LogP contribution in [0.4, 0.5) is 11.4 Å². The molecule has 0 unspecified atom stereocenters. The van der Waals surface area contributed by atoms with Crippen molar-refractivity contribution in [2.24, 2.45) is 10.2 Å². The quantitative estimate of drug-likeness (QED) is 0.0672. The van der Waals surface area contributed by atoms with E-state index >= 15 is 0 Å². The maximum atomic E-state index is 13.0. The van der Waals surface area contributed by atoms with Gasteiger partial charge < -0.3 is 10.4 Å². The molecule has 5 aromatic rings. The van der Waals surface area contributed by atoms with Crippen molar-refractivity contribution in [3.63, 3.8) is 0 Å². The lowest BCUT2D eigenvalue weighted by molar-refractivity contribution is -0.113. The number of azo groups is 1. The van der Waals surface area contributed by atoms with Crippen LogP contribution >= 0.6 is 11.3 Å². The Labute approximate surface area is 249 Å². The van der Waals surface area contributed by atoms with Crippen molar-refractivity contribution in [3.05, 3.63) is 89.8 Å². The average molecular weight is 639 g/mol. The molecule has 12 nitrogen and oxygen atoms in total. The van der Waals surface area contributed by atoms with Crippen molar-refractivity contribution >= 4 is 69.8 Å². The van der Waals surface area contributed by atoms with Gasteiger partial charge in [0.15, 0.2) is 5.70 Å². The summed E-state index contributed by atoms with van der Waals surface area (Å²) in [5.41, 5.74) is 1.61. The van der Waals surface area contributed by atoms with E-state index in [0.717, 1.165) is 11.3 Å². The minimum atomic E-state index is -4.51. The molecule has 0 saturated heterocycles. The van der Waals surface area contributed by atoms with Crippen molar-refractivity contribution < 1.29 is 35.8 Å². The van der Waals surface area contributed by atoms with Crippen molar-refractivity contribution in [3.8, 4) is 10.6 Å². The minimum absolute atomic E-state index is 0.182. The van der Waals surface area contributed by atoms with Gasteiger partial charge in [0.05, 0.1) is 15.9 Å². The summed E-state index contributed by atoms with van der Waals surface area (Å²) >= 11 is 1.11. The highest BCUT2D eigenvalue weighted by Crippen LogP contribution is 2.36. The third-order valence-electron chi connectivity index (χ3n) is 6.31. The number of benzene rings is 4.